The van der Waals surface area contributed by atoms with Crippen molar-refractivity contribution in [2.45, 2.75) is 26.3 Å². The Kier molecular flexibility index (Phi) is 5.05. The summed E-state index contributed by atoms with van der Waals surface area (Å²) in [6.45, 7) is 3.32. The third kappa shape index (κ3) is 3.77. The predicted octanol–water partition coefficient (Wildman–Crippen LogP) is 3.18. The van der Waals surface area contributed by atoms with Crippen LogP contribution in [0.4, 0.5) is 8.78 Å². The number of carbonyl (C=O) groups excluding carboxylic acids is 1. The minimum Gasteiger partial charge on any atom is -0.349 e. The number of amides is 1. The lowest BCUT2D eigenvalue weighted by atomic mass is 10.1. The molecule has 2 nitrogen and oxygen atoms in total. The van der Waals surface area contributed by atoms with Gasteiger partial charge >= 0.3 is 0 Å². The van der Waals surface area contributed by atoms with Gasteiger partial charge in [-0.1, -0.05) is 15.9 Å². The molecule has 0 aliphatic carbocycles. The zero-order chi connectivity index (χ0) is 13.0. The van der Waals surface area contributed by atoms with Gasteiger partial charge in [-0.05, 0) is 31.9 Å². The Hall–Kier alpha value is -0.970. The summed E-state index contributed by atoms with van der Waals surface area (Å²) in [7, 11) is 0. The maximum atomic E-state index is 13.4. The van der Waals surface area contributed by atoms with Crippen LogP contribution in [0.25, 0.3) is 0 Å². The van der Waals surface area contributed by atoms with Crippen LogP contribution < -0.4 is 5.32 Å². The number of carbonyl (C=O) groups is 1. The lowest BCUT2D eigenvalue weighted by Gasteiger charge is -2.13. The maximum Gasteiger partial charge on any atom is 0.254 e. The molecule has 0 saturated carbocycles. The number of nitrogens with one attached hydrogen (secondary N) is 1. The van der Waals surface area contributed by atoms with Crippen molar-refractivity contribution in [3.8, 4) is 0 Å². The highest BCUT2D eigenvalue weighted by atomic mass is 79.9. The second-order valence-electron chi connectivity index (χ2n) is 3.93. The molecule has 1 N–H and O–H groups in total. The number of aryl methyl sites for hydroxylation is 1. The number of hydrogen-bond donors (Lipinski definition) is 1. The van der Waals surface area contributed by atoms with Gasteiger partial charge in [-0.15, -0.1) is 0 Å². The number of alkyl halides is 1. The largest absolute Gasteiger partial charge is 0.349 e. The van der Waals surface area contributed by atoms with E-state index in [1.165, 1.54) is 13.0 Å². The highest BCUT2D eigenvalue weighted by Crippen LogP contribution is 2.14. The third-order valence-corrected chi connectivity index (χ3v) is 2.87. The topological polar surface area (TPSA) is 29.1 Å². The van der Waals surface area contributed by atoms with Gasteiger partial charge in [0.2, 0.25) is 0 Å². The Labute approximate surface area is 108 Å². The van der Waals surface area contributed by atoms with Gasteiger partial charge in [-0.2, -0.15) is 0 Å². The quantitative estimate of drug-likeness (QED) is 0.851. The lowest BCUT2D eigenvalue weighted by molar-refractivity contribution is 0.0935. The van der Waals surface area contributed by atoms with Gasteiger partial charge in [-0.25, -0.2) is 8.78 Å². The Morgan fingerprint density at radius 3 is 2.65 bits per heavy atom. The van der Waals surface area contributed by atoms with Crippen LogP contribution in [0.15, 0.2) is 12.1 Å². The van der Waals surface area contributed by atoms with Crippen LogP contribution in [-0.2, 0) is 0 Å². The molecule has 1 amide bonds. The molecule has 5 heteroatoms. The third-order valence-electron chi connectivity index (χ3n) is 2.41. The summed E-state index contributed by atoms with van der Waals surface area (Å²) in [6, 6.07) is 1.90. The molecule has 1 aromatic carbocycles. The van der Waals surface area contributed by atoms with E-state index in [1.807, 2.05) is 6.92 Å². The molecule has 17 heavy (non-hydrogen) atoms. The van der Waals surface area contributed by atoms with Gasteiger partial charge in [0.25, 0.3) is 5.91 Å². The fourth-order valence-corrected chi connectivity index (χ4v) is 2.06. The predicted molar refractivity (Wildman–Crippen MR) is 66.4 cm³/mol. The summed E-state index contributed by atoms with van der Waals surface area (Å²) in [5.41, 5.74) is 0.134. The molecular formula is C12H14BrF2NO. The Morgan fingerprint density at radius 2 is 2.06 bits per heavy atom. The van der Waals surface area contributed by atoms with E-state index >= 15 is 0 Å². The van der Waals surface area contributed by atoms with Crippen LogP contribution in [0.5, 0.6) is 0 Å². The summed E-state index contributed by atoms with van der Waals surface area (Å²) in [4.78, 5) is 11.7. The van der Waals surface area contributed by atoms with Gasteiger partial charge < -0.3 is 5.32 Å². The smallest absolute Gasteiger partial charge is 0.254 e. The van der Waals surface area contributed by atoms with E-state index in [-0.39, 0.29) is 17.2 Å². The first-order valence-corrected chi connectivity index (χ1v) is 6.40. The highest BCUT2D eigenvalue weighted by Gasteiger charge is 2.16. The van der Waals surface area contributed by atoms with Gasteiger partial charge in [0.1, 0.15) is 11.6 Å². The van der Waals surface area contributed by atoms with Crippen molar-refractivity contribution in [2.75, 3.05) is 5.33 Å². The molecule has 0 radical (unpaired) electrons. The molecule has 0 aliphatic rings. The SMILES string of the molecule is Cc1cc(C(=O)NC(C)CCBr)c(F)cc1F. The molecule has 0 heterocycles. The molecule has 0 aromatic heterocycles. The molecule has 0 aliphatic heterocycles. The van der Waals surface area contributed by atoms with Crippen LogP contribution in [0, 0.1) is 18.6 Å². The number of rotatable bonds is 4. The van der Waals surface area contributed by atoms with Crippen LogP contribution in [0.2, 0.25) is 0 Å². The number of halogens is 3. The Balaban J connectivity index is 2.86. The Morgan fingerprint density at radius 1 is 1.41 bits per heavy atom. The Bertz CT molecular complexity index is 423. The maximum absolute atomic E-state index is 13.4. The minimum absolute atomic E-state index is 0.0633. The first-order valence-electron chi connectivity index (χ1n) is 5.28. The highest BCUT2D eigenvalue weighted by molar-refractivity contribution is 9.09. The molecule has 1 atom stereocenters. The van der Waals surface area contributed by atoms with Crippen molar-refractivity contribution >= 4 is 21.8 Å². The molecule has 0 bridgehead atoms. The van der Waals surface area contributed by atoms with Crippen molar-refractivity contribution in [1.29, 1.82) is 0 Å². The first-order chi connectivity index (χ1) is 7.95. The van der Waals surface area contributed by atoms with Crippen LogP contribution in [0.3, 0.4) is 0 Å². The average molecular weight is 306 g/mol. The average Bonchev–Trinajstić information content (AvgIpc) is 2.23. The van der Waals surface area contributed by atoms with E-state index in [1.54, 1.807) is 0 Å². The molecule has 0 spiro atoms. The summed E-state index contributed by atoms with van der Waals surface area (Å²) >= 11 is 3.26. The summed E-state index contributed by atoms with van der Waals surface area (Å²) in [6.07, 6.45) is 0.744. The summed E-state index contributed by atoms with van der Waals surface area (Å²) in [5.74, 6) is -2.00. The fraction of sp³-hybridized carbons (Fsp3) is 0.417. The van der Waals surface area contributed by atoms with E-state index in [4.69, 9.17) is 0 Å². The fourth-order valence-electron chi connectivity index (χ4n) is 1.37. The van der Waals surface area contributed by atoms with Crippen molar-refractivity contribution in [3.05, 3.63) is 34.9 Å². The number of hydrogen-bond acceptors (Lipinski definition) is 1. The first kappa shape index (κ1) is 14.1. The second-order valence-corrected chi connectivity index (χ2v) is 4.73. The molecule has 1 aromatic rings. The summed E-state index contributed by atoms with van der Waals surface area (Å²) < 4.78 is 26.4. The van der Waals surface area contributed by atoms with Gasteiger partial charge in [0.15, 0.2) is 0 Å². The normalized spacial score (nSPS) is 12.3. The molecule has 94 valence electrons. The van der Waals surface area contributed by atoms with Crippen LogP contribution in [0.1, 0.15) is 29.3 Å². The standard InChI is InChI=1S/C12H14BrF2NO/c1-7-5-9(11(15)6-10(7)14)12(17)16-8(2)3-4-13/h5-6,8H,3-4H2,1-2H3,(H,16,17). The van der Waals surface area contributed by atoms with Gasteiger partial charge in [0, 0.05) is 17.4 Å². The van der Waals surface area contributed by atoms with Crippen molar-refractivity contribution < 1.29 is 13.6 Å². The van der Waals surface area contributed by atoms with E-state index in [9.17, 15) is 13.6 Å². The van der Waals surface area contributed by atoms with E-state index in [2.05, 4.69) is 21.2 Å². The van der Waals surface area contributed by atoms with E-state index < -0.39 is 17.5 Å². The zero-order valence-electron chi connectivity index (χ0n) is 9.69. The second kappa shape index (κ2) is 6.10. The van der Waals surface area contributed by atoms with Crippen molar-refractivity contribution in [3.63, 3.8) is 0 Å². The zero-order valence-corrected chi connectivity index (χ0v) is 11.3. The minimum atomic E-state index is -0.836. The number of benzene rings is 1. The van der Waals surface area contributed by atoms with Gasteiger partial charge in [-0.3, -0.25) is 4.79 Å². The molecular weight excluding hydrogens is 292 g/mol. The van der Waals surface area contributed by atoms with Gasteiger partial charge in [0.05, 0.1) is 5.56 Å². The van der Waals surface area contributed by atoms with Crippen molar-refractivity contribution in [1.82, 2.24) is 5.32 Å². The molecule has 0 fully saturated rings. The van der Waals surface area contributed by atoms with E-state index in [0.717, 1.165) is 17.8 Å². The monoisotopic (exact) mass is 305 g/mol. The molecule has 0 saturated heterocycles. The van der Waals surface area contributed by atoms with E-state index in [0.29, 0.717) is 0 Å². The van der Waals surface area contributed by atoms with Crippen LogP contribution in [-0.4, -0.2) is 17.3 Å². The molecule has 1 unspecified atom stereocenters. The van der Waals surface area contributed by atoms with Crippen molar-refractivity contribution in [2.24, 2.45) is 0 Å². The summed E-state index contributed by atoms with van der Waals surface area (Å²) in [5, 5.41) is 3.40. The van der Waals surface area contributed by atoms with Crippen LogP contribution >= 0.6 is 15.9 Å². The molecule has 1 rings (SSSR count). The lowest BCUT2D eigenvalue weighted by Crippen LogP contribution is -2.33.